The molecule has 3 heterocycles. The molecule has 3 aliphatic heterocycles. The molecule has 0 radical (unpaired) electrons. The van der Waals surface area contributed by atoms with E-state index < -0.39 is 102 Å². The lowest BCUT2D eigenvalue weighted by Gasteiger charge is -2.51. The molecule has 0 saturated carbocycles. The Bertz CT molecular complexity index is 1570. The highest BCUT2D eigenvalue weighted by molar-refractivity contribution is 5.83. The van der Waals surface area contributed by atoms with Crippen molar-refractivity contribution in [2.75, 3.05) is 20.3 Å². The van der Waals surface area contributed by atoms with E-state index in [2.05, 4.69) is 6.92 Å². The van der Waals surface area contributed by atoms with Crippen molar-refractivity contribution in [2.24, 2.45) is 10.8 Å². The number of carbonyl (C=O) groups excluding carboxylic acids is 5. The Labute approximate surface area is 386 Å². The SMILES string of the molecule is CCCCCCCCCCCCCC(=O)OCC(C)(C)[C@@H]1C[C@@H]2CCO[C@H](/C=C/C(C)(C)[C@]3(O)OC(C/C(=C\C(=O)OC)[C@@H]3OC(=O)CC)C[C@H]([C@@H](C)O)OC(=O)C[C@H](O)CC(=O)O1)O2. The standard InChI is InChI=1S/C49H80O16/c1-9-11-12-13-14-15-16-17-18-19-20-21-41(53)60-32-47(4,5)39-31-36-23-25-59-45(61-36)22-24-48(6,7)49(57)46(64-40(52)10-2)34(27-42(54)58-8)26-37(65-49)30-38(33(3)50)62-43(55)28-35(51)29-44(56)63-39/h22,24,27,33,35-39,45-46,50-51,57H,9-21,23,25-26,28-32H2,1-8H3/b24-22+,34-27+/t33-,35+,36+,37?,38-,39+,45+,46+,49-/m1/s1. The van der Waals surface area contributed by atoms with E-state index in [1.807, 2.05) is 13.8 Å². The molecule has 2 fully saturated rings. The quantitative estimate of drug-likeness (QED) is 0.0390. The molecule has 0 amide bonds. The number of hydrogen-bond acceptors (Lipinski definition) is 16. The van der Waals surface area contributed by atoms with Gasteiger partial charge in [-0.05, 0) is 37.8 Å². The zero-order valence-electron chi connectivity index (χ0n) is 40.3. The van der Waals surface area contributed by atoms with Crippen LogP contribution in [0, 0.1) is 10.8 Å². The summed E-state index contributed by atoms with van der Waals surface area (Å²) >= 11 is 0. The van der Waals surface area contributed by atoms with Crippen molar-refractivity contribution in [1.29, 1.82) is 0 Å². The molecule has 0 aromatic rings. The second-order valence-corrected chi connectivity index (χ2v) is 19.2. The molecule has 3 N–H and O–H groups in total. The van der Waals surface area contributed by atoms with Gasteiger partial charge in [-0.2, -0.15) is 0 Å². The van der Waals surface area contributed by atoms with Gasteiger partial charge in [-0.15, -0.1) is 0 Å². The number of rotatable bonds is 19. The van der Waals surface area contributed by atoms with Gasteiger partial charge in [0.2, 0.25) is 5.79 Å². The molecule has 0 spiro atoms. The van der Waals surface area contributed by atoms with Crippen LogP contribution in [0.4, 0.5) is 0 Å². The molecule has 0 aliphatic carbocycles. The Kier molecular flexibility index (Phi) is 23.6. The van der Waals surface area contributed by atoms with Gasteiger partial charge in [-0.25, -0.2) is 4.79 Å². The van der Waals surface area contributed by atoms with E-state index in [1.165, 1.54) is 59.0 Å². The maximum atomic E-state index is 13.4. The lowest BCUT2D eigenvalue weighted by atomic mass is 9.74. The molecular weight excluding hydrogens is 845 g/mol. The van der Waals surface area contributed by atoms with Gasteiger partial charge in [-0.1, -0.05) is 112 Å². The van der Waals surface area contributed by atoms with Gasteiger partial charge in [0.1, 0.15) is 12.2 Å². The fraction of sp³-hybridized carbons (Fsp3) is 0.816. The summed E-state index contributed by atoms with van der Waals surface area (Å²) < 4.78 is 46.7. The van der Waals surface area contributed by atoms with Crippen molar-refractivity contribution in [1.82, 2.24) is 0 Å². The number of cyclic esters (lactones) is 2. The van der Waals surface area contributed by atoms with Crippen LogP contribution in [0.25, 0.3) is 0 Å². The van der Waals surface area contributed by atoms with E-state index in [9.17, 15) is 39.3 Å². The predicted molar refractivity (Wildman–Crippen MR) is 239 cm³/mol. The normalized spacial score (nSPS) is 29.7. The monoisotopic (exact) mass is 925 g/mol. The van der Waals surface area contributed by atoms with Crippen molar-refractivity contribution < 1.29 is 77.2 Å². The number of carbonyl (C=O) groups is 5. The molecule has 3 rings (SSSR count). The van der Waals surface area contributed by atoms with E-state index in [1.54, 1.807) is 32.9 Å². The number of esters is 5. The number of aliphatic hydroxyl groups excluding tert-OH is 2. The predicted octanol–water partition coefficient (Wildman–Crippen LogP) is 7.01. The fourth-order valence-corrected chi connectivity index (χ4v) is 8.25. The first-order chi connectivity index (χ1) is 30.7. The Morgan fingerprint density at radius 1 is 0.892 bits per heavy atom. The molecule has 3 aliphatic rings. The van der Waals surface area contributed by atoms with Crippen molar-refractivity contribution in [3.8, 4) is 0 Å². The minimum absolute atomic E-state index is 0.0518. The summed E-state index contributed by atoms with van der Waals surface area (Å²) in [7, 11) is 1.18. The Balaban J connectivity index is 1.86. The molecule has 0 aromatic carbocycles. The number of fused-ring (bicyclic) bond motifs is 4. The number of ether oxygens (including phenoxy) is 8. The molecule has 16 nitrogen and oxygen atoms in total. The molecule has 0 aromatic heterocycles. The lowest BCUT2D eigenvalue weighted by molar-refractivity contribution is -0.327. The smallest absolute Gasteiger partial charge is 0.330 e. The summed E-state index contributed by atoms with van der Waals surface area (Å²) in [5, 5.41) is 34.3. The third kappa shape index (κ3) is 18.7. The average Bonchev–Trinajstić information content (AvgIpc) is 3.24. The van der Waals surface area contributed by atoms with Crippen LogP contribution in [0.2, 0.25) is 0 Å². The second kappa shape index (κ2) is 27.4. The van der Waals surface area contributed by atoms with Crippen LogP contribution in [-0.4, -0.2) is 120 Å². The molecule has 2 saturated heterocycles. The third-order valence-corrected chi connectivity index (χ3v) is 12.5. The summed E-state index contributed by atoms with van der Waals surface area (Å²) in [5.41, 5.74) is -2.18. The van der Waals surface area contributed by atoms with Crippen molar-refractivity contribution in [2.45, 2.75) is 225 Å². The first kappa shape index (κ1) is 55.9. The molecular formula is C49H80O16. The van der Waals surface area contributed by atoms with Crippen LogP contribution in [0.5, 0.6) is 0 Å². The van der Waals surface area contributed by atoms with Crippen molar-refractivity contribution >= 4 is 29.8 Å². The van der Waals surface area contributed by atoms with Crippen LogP contribution in [0.3, 0.4) is 0 Å². The Hall–Kier alpha value is -3.41. The van der Waals surface area contributed by atoms with Crippen LogP contribution in [-0.2, 0) is 61.9 Å². The van der Waals surface area contributed by atoms with Gasteiger partial charge in [-0.3, -0.25) is 19.2 Å². The molecule has 372 valence electrons. The van der Waals surface area contributed by atoms with E-state index in [4.69, 9.17) is 37.9 Å². The van der Waals surface area contributed by atoms with Crippen LogP contribution in [0.1, 0.15) is 170 Å². The van der Waals surface area contributed by atoms with E-state index >= 15 is 0 Å². The summed E-state index contributed by atoms with van der Waals surface area (Å²) in [6, 6.07) is 0. The average molecular weight is 925 g/mol. The summed E-state index contributed by atoms with van der Waals surface area (Å²) in [6.07, 6.45) is 7.44. The Morgan fingerprint density at radius 2 is 1.51 bits per heavy atom. The van der Waals surface area contributed by atoms with Gasteiger partial charge in [0.05, 0.1) is 57.6 Å². The highest BCUT2D eigenvalue weighted by atomic mass is 16.7. The molecule has 16 heteroatoms. The first-order valence-corrected chi connectivity index (χ1v) is 24.0. The van der Waals surface area contributed by atoms with Gasteiger partial charge < -0.3 is 53.2 Å². The summed E-state index contributed by atoms with van der Waals surface area (Å²) in [6.45, 7) is 12.3. The zero-order valence-corrected chi connectivity index (χ0v) is 40.3. The van der Waals surface area contributed by atoms with Crippen molar-refractivity contribution in [3.05, 3.63) is 23.8 Å². The molecule has 1 unspecified atom stereocenters. The minimum atomic E-state index is -2.36. The molecule has 4 bridgehead atoms. The second-order valence-electron chi connectivity index (χ2n) is 19.2. The van der Waals surface area contributed by atoms with Crippen LogP contribution in [0.15, 0.2) is 23.8 Å². The van der Waals surface area contributed by atoms with E-state index in [0.29, 0.717) is 12.8 Å². The van der Waals surface area contributed by atoms with Gasteiger partial charge >= 0.3 is 29.8 Å². The van der Waals surface area contributed by atoms with E-state index in [-0.39, 0.29) is 56.9 Å². The lowest BCUT2D eigenvalue weighted by Crippen LogP contribution is -2.62. The largest absolute Gasteiger partial charge is 0.466 e. The molecule has 9 atom stereocenters. The highest BCUT2D eigenvalue weighted by Gasteiger charge is 2.57. The Morgan fingerprint density at radius 3 is 2.11 bits per heavy atom. The number of aliphatic hydroxyl groups is 3. The maximum Gasteiger partial charge on any atom is 0.330 e. The zero-order chi connectivity index (χ0) is 48.2. The van der Waals surface area contributed by atoms with Gasteiger partial charge in [0.15, 0.2) is 12.4 Å². The fourth-order valence-electron chi connectivity index (χ4n) is 8.25. The molecule has 65 heavy (non-hydrogen) atoms. The van der Waals surface area contributed by atoms with Crippen LogP contribution < -0.4 is 0 Å². The van der Waals surface area contributed by atoms with E-state index in [0.717, 1.165) is 25.3 Å². The topological polar surface area (TPSA) is 220 Å². The first-order valence-electron chi connectivity index (χ1n) is 24.0. The summed E-state index contributed by atoms with van der Waals surface area (Å²) in [5.74, 6) is -5.88. The highest BCUT2D eigenvalue weighted by Crippen LogP contribution is 2.47. The van der Waals surface area contributed by atoms with Gasteiger partial charge in [0, 0.05) is 42.6 Å². The summed E-state index contributed by atoms with van der Waals surface area (Å²) in [4.78, 5) is 65.1. The third-order valence-electron chi connectivity index (χ3n) is 12.5. The number of unbranched alkanes of at least 4 members (excludes halogenated alkanes) is 10. The van der Waals surface area contributed by atoms with Crippen LogP contribution >= 0.6 is 0 Å². The maximum absolute atomic E-state index is 13.4. The van der Waals surface area contributed by atoms with Gasteiger partial charge in [0.25, 0.3) is 0 Å². The van der Waals surface area contributed by atoms with Crippen molar-refractivity contribution in [3.63, 3.8) is 0 Å². The number of hydrogen-bond donors (Lipinski definition) is 3. The number of methoxy groups -OCH3 is 1. The minimum Gasteiger partial charge on any atom is -0.466 e.